The molecule has 0 atom stereocenters. The summed E-state index contributed by atoms with van der Waals surface area (Å²) >= 11 is 3.38. The first-order valence-corrected chi connectivity index (χ1v) is 6.48. The number of benzene rings is 1. The van der Waals surface area contributed by atoms with E-state index in [9.17, 15) is 4.79 Å². The number of hydrogen-bond donors (Lipinski definition) is 1. The third-order valence-corrected chi connectivity index (χ3v) is 3.25. The summed E-state index contributed by atoms with van der Waals surface area (Å²) in [4.78, 5) is 13.7. The van der Waals surface area contributed by atoms with Crippen LogP contribution in [0.15, 0.2) is 34.8 Å². The van der Waals surface area contributed by atoms with E-state index >= 15 is 0 Å². The van der Waals surface area contributed by atoms with Crippen LogP contribution < -0.4 is 5.32 Å². The highest BCUT2D eigenvalue weighted by molar-refractivity contribution is 9.10. The summed E-state index contributed by atoms with van der Waals surface area (Å²) in [5.41, 5.74) is 1.04. The molecule has 2 rings (SSSR count). The molecule has 0 radical (unpaired) electrons. The zero-order valence-electron chi connectivity index (χ0n) is 9.53. The minimum Gasteiger partial charge on any atom is -0.337 e. The number of nitrogens with zero attached hydrogens (tertiary/aromatic N) is 1. The van der Waals surface area contributed by atoms with Crippen molar-refractivity contribution in [3.8, 4) is 0 Å². The number of amides is 1. The van der Waals surface area contributed by atoms with Gasteiger partial charge >= 0.3 is 0 Å². The predicted octanol–water partition coefficient (Wildman–Crippen LogP) is 1.89. The van der Waals surface area contributed by atoms with E-state index in [1.165, 1.54) is 0 Å². The van der Waals surface area contributed by atoms with Crippen LogP contribution in [0.1, 0.15) is 5.56 Å². The van der Waals surface area contributed by atoms with Gasteiger partial charge in [0.25, 0.3) is 0 Å². The molecule has 1 aromatic carbocycles. The van der Waals surface area contributed by atoms with E-state index in [0.717, 1.165) is 36.2 Å². The molecule has 1 fully saturated rings. The SMILES string of the molecule is O=C(/C=C/c1ccc(Br)cc1)N1CCNCC1. The van der Waals surface area contributed by atoms with Crippen LogP contribution in [0.5, 0.6) is 0 Å². The molecule has 90 valence electrons. The van der Waals surface area contributed by atoms with Gasteiger partial charge in [-0.15, -0.1) is 0 Å². The van der Waals surface area contributed by atoms with Gasteiger partial charge in [0.05, 0.1) is 0 Å². The van der Waals surface area contributed by atoms with Gasteiger partial charge in [-0.25, -0.2) is 0 Å². The first kappa shape index (κ1) is 12.3. The molecule has 0 saturated carbocycles. The summed E-state index contributed by atoms with van der Waals surface area (Å²) in [6.07, 6.45) is 3.51. The normalized spacial score (nSPS) is 16.4. The molecule has 3 nitrogen and oxygen atoms in total. The number of nitrogens with one attached hydrogen (secondary N) is 1. The van der Waals surface area contributed by atoms with Crippen LogP contribution in [0.4, 0.5) is 0 Å². The molecule has 1 aliphatic heterocycles. The lowest BCUT2D eigenvalue weighted by molar-refractivity contribution is -0.126. The zero-order chi connectivity index (χ0) is 12.1. The van der Waals surface area contributed by atoms with Crippen LogP contribution in [0.2, 0.25) is 0 Å². The van der Waals surface area contributed by atoms with Gasteiger partial charge in [0, 0.05) is 36.7 Å². The van der Waals surface area contributed by atoms with Gasteiger partial charge in [0.15, 0.2) is 0 Å². The van der Waals surface area contributed by atoms with Crippen LogP contribution in [0.3, 0.4) is 0 Å². The fourth-order valence-electron chi connectivity index (χ4n) is 1.73. The van der Waals surface area contributed by atoms with E-state index in [0.29, 0.717) is 0 Å². The van der Waals surface area contributed by atoms with Gasteiger partial charge in [-0.2, -0.15) is 0 Å². The van der Waals surface area contributed by atoms with Crippen molar-refractivity contribution in [3.63, 3.8) is 0 Å². The smallest absolute Gasteiger partial charge is 0.246 e. The number of piperazine rings is 1. The Hall–Kier alpha value is -1.13. The number of rotatable bonds is 2. The Labute approximate surface area is 110 Å². The topological polar surface area (TPSA) is 32.3 Å². The monoisotopic (exact) mass is 294 g/mol. The molecule has 1 aliphatic rings. The Bertz CT molecular complexity index is 408. The molecular weight excluding hydrogens is 280 g/mol. The van der Waals surface area contributed by atoms with E-state index < -0.39 is 0 Å². The molecule has 4 heteroatoms. The predicted molar refractivity (Wildman–Crippen MR) is 72.6 cm³/mol. The van der Waals surface area contributed by atoms with Crippen molar-refractivity contribution in [2.75, 3.05) is 26.2 Å². The van der Waals surface area contributed by atoms with Gasteiger partial charge in [0.2, 0.25) is 5.91 Å². The second-order valence-corrected chi connectivity index (χ2v) is 4.88. The first-order valence-electron chi connectivity index (χ1n) is 5.69. The molecule has 1 amide bonds. The van der Waals surface area contributed by atoms with Crippen LogP contribution in [-0.4, -0.2) is 37.0 Å². The minimum atomic E-state index is 0.0921. The van der Waals surface area contributed by atoms with Gasteiger partial charge in [-0.05, 0) is 23.8 Å². The van der Waals surface area contributed by atoms with Crippen molar-refractivity contribution >= 4 is 27.9 Å². The van der Waals surface area contributed by atoms with Crippen LogP contribution in [-0.2, 0) is 4.79 Å². The van der Waals surface area contributed by atoms with Crippen LogP contribution in [0.25, 0.3) is 6.08 Å². The third-order valence-electron chi connectivity index (χ3n) is 2.72. The van der Waals surface area contributed by atoms with E-state index in [1.807, 2.05) is 35.2 Å². The van der Waals surface area contributed by atoms with Gasteiger partial charge < -0.3 is 10.2 Å². The van der Waals surface area contributed by atoms with E-state index in [2.05, 4.69) is 21.2 Å². The molecule has 1 N–H and O–H groups in total. The Balaban J connectivity index is 1.95. The fraction of sp³-hybridized carbons (Fsp3) is 0.308. The summed E-state index contributed by atoms with van der Waals surface area (Å²) in [6, 6.07) is 7.89. The molecule has 0 unspecified atom stereocenters. The lowest BCUT2D eigenvalue weighted by Gasteiger charge is -2.26. The van der Waals surface area contributed by atoms with Gasteiger partial charge in [0.1, 0.15) is 0 Å². The average molecular weight is 295 g/mol. The molecule has 1 heterocycles. The average Bonchev–Trinajstić information content (AvgIpc) is 2.39. The number of hydrogen-bond acceptors (Lipinski definition) is 2. The van der Waals surface area contributed by atoms with Crippen molar-refractivity contribution in [2.45, 2.75) is 0 Å². The standard InChI is InChI=1S/C13H15BrN2O/c14-12-4-1-11(2-5-12)3-6-13(17)16-9-7-15-8-10-16/h1-6,15H,7-10H2/b6-3+. The largest absolute Gasteiger partial charge is 0.337 e. The highest BCUT2D eigenvalue weighted by Crippen LogP contribution is 2.11. The maximum Gasteiger partial charge on any atom is 0.246 e. The van der Waals surface area contributed by atoms with E-state index in [1.54, 1.807) is 6.08 Å². The molecule has 1 saturated heterocycles. The second kappa shape index (κ2) is 5.98. The molecular formula is C13H15BrN2O. The maximum atomic E-state index is 11.8. The zero-order valence-corrected chi connectivity index (χ0v) is 11.1. The van der Waals surface area contributed by atoms with E-state index in [4.69, 9.17) is 0 Å². The number of halogens is 1. The quantitative estimate of drug-likeness (QED) is 0.845. The minimum absolute atomic E-state index is 0.0921. The Morgan fingerprint density at radius 2 is 1.88 bits per heavy atom. The summed E-state index contributed by atoms with van der Waals surface area (Å²) in [5.74, 6) is 0.0921. The van der Waals surface area contributed by atoms with Crippen molar-refractivity contribution in [3.05, 3.63) is 40.4 Å². The molecule has 17 heavy (non-hydrogen) atoms. The molecule has 0 bridgehead atoms. The summed E-state index contributed by atoms with van der Waals surface area (Å²) < 4.78 is 1.04. The lowest BCUT2D eigenvalue weighted by atomic mass is 10.2. The highest BCUT2D eigenvalue weighted by atomic mass is 79.9. The Morgan fingerprint density at radius 3 is 2.53 bits per heavy atom. The van der Waals surface area contributed by atoms with Crippen LogP contribution in [0, 0.1) is 0 Å². The summed E-state index contributed by atoms with van der Waals surface area (Å²) in [7, 11) is 0. The molecule has 0 spiro atoms. The van der Waals surface area contributed by atoms with Crippen molar-refractivity contribution < 1.29 is 4.79 Å². The maximum absolute atomic E-state index is 11.8. The second-order valence-electron chi connectivity index (χ2n) is 3.96. The Morgan fingerprint density at radius 1 is 1.24 bits per heavy atom. The summed E-state index contributed by atoms with van der Waals surface area (Å²) in [5, 5.41) is 3.23. The van der Waals surface area contributed by atoms with Gasteiger partial charge in [-0.3, -0.25) is 4.79 Å². The van der Waals surface area contributed by atoms with E-state index in [-0.39, 0.29) is 5.91 Å². The summed E-state index contributed by atoms with van der Waals surface area (Å²) in [6.45, 7) is 3.36. The molecule has 1 aromatic rings. The number of carbonyl (C=O) groups is 1. The van der Waals surface area contributed by atoms with Crippen molar-refractivity contribution in [2.24, 2.45) is 0 Å². The first-order chi connectivity index (χ1) is 8.25. The van der Waals surface area contributed by atoms with Crippen LogP contribution >= 0.6 is 15.9 Å². The fourth-order valence-corrected chi connectivity index (χ4v) is 2.00. The highest BCUT2D eigenvalue weighted by Gasteiger charge is 2.12. The Kier molecular flexibility index (Phi) is 4.34. The third kappa shape index (κ3) is 3.68. The van der Waals surface area contributed by atoms with Crippen molar-refractivity contribution in [1.82, 2.24) is 10.2 Å². The number of carbonyl (C=O) groups excluding carboxylic acids is 1. The molecule has 0 aliphatic carbocycles. The lowest BCUT2D eigenvalue weighted by Crippen LogP contribution is -2.45. The molecule has 0 aromatic heterocycles. The van der Waals surface area contributed by atoms with Gasteiger partial charge in [-0.1, -0.05) is 28.1 Å². The van der Waals surface area contributed by atoms with Crippen molar-refractivity contribution in [1.29, 1.82) is 0 Å².